The van der Waals surface area contributed by atoms with Crippen LogP contribution >= 0.6 is 27.5 Å². The summed E-state index contributed by atoms with van der Waals surface area (Å²) in [6.07, 6.45) is 0.646. The van der Waals surface area contributed by atoms with Crippen molar-refractivity contribution in [2.45, 2.75) is 24.0 Å². The van der Waals surface area contributed by atoms with Gasteiger partial charge in [0.05, 0.1) is 32.7 Å². The second kappa shape index (κ2) is 5.98. The normalized spacial score (nSPS) is 11.8. The third-order valence-corrected chi connectivity index (χ3v) is 5.76. The Bertz CT molecular complexity index is 787. The zero-order chi connectivity index (χ0) is 15.8. The number of rotatable bonds is 4. The van der Waals surface area contributed by atoms with Crippen LogP contribution in [0.15, 0.2) is 27.6 Å². The van der Waals surface area contributed by atoms with Crippen LogP contribution in [-0.2, 0) is 29.1 Å². The summed E-state index contributed by atoms with van der Waals surface area (Å²) in [7, 11) is -1.91. The molecule has 0 aliphatic rings. The van der Waals surface area contributed by atoms with E-state index in [1.54, 1.807) is 19.2 Å². The van der Waals surface area contributed by atoms with Crippen LogP contribution in [0.1, 0.15) is 18.3 Å². The van der Waals surface area contributed by atoms with E-state index < -0.39 is 9.84 Å². The molecule has 0 amide bonds. The standard InChI is InChI=1S/C13H15BrClN3O2S/c1-3-10-13(15)11(18(2)17-10)7-21(19,20)12-5-4-8(14)6-9(12)16/h4-6H,3,7,16H2,1-2H3. The van der Waals surface area contributed by atoms with Crippen molar-refractivity contribution in [3.05, 3.63) is 39.1 Å². The van der Waals surface area contributed by atoms with Gasteiger partial charge in [-0.1, -0.05) is 34.5 Å². The second-order valence-corrected chi connectivity index (χ2v) is 7.88. The first-order valence-corrected chi connectivity index (χ1v) is 9.06. The van der Waals surface area contributed by atoms with E-state index in [9.17, 15) is 8.42 Å². The van der Waals surface area contributed by atoms with Crippen molar-refractivity contribution >= 4 is 43.1 Å². The van der Waals surface area contributed by atoms with E-state index in [0.29, 0.717) is 22.8 Å². The van der Waals surface area contributed by atoms with Gasteiger partial charge >= 0.3 is 0 Å². The minimum Gasteiger partial charge on any atom is -0.398 e. The van der Waals surface area contributed by atoms with Gasteiger partial charge in [0.25, 0.3) is 0 Å². The van der Waals surface area contributed by atoms with E-state index in [1.165, 1.54) is 10.7 Å². The van der Waals surface area contributed by atoms with Crippen molar-refractivity contribution in [1.82, 2.24) is 9.78 Å². The van der Waals surface area contributed by atoms with E-state index in [4.69, 9.17) is 17.3 Å². The van der Waals surface area contributed by atoms with E-state index in [1.807, 2.05) is 6.92 Å². The number of aryl methyl sites for hydroxylation is 2. The van der Waals surface area contributed by atoms with Gasteiger partial charge in [0.1, 0.15) is 0 Å². The largest absolute Gasteiger partial charge is 0.398 e. The number of hydrogen-bond acceptors (Lipinski definition) is 4. The number of anilines is 1. The van der Waals surface area contributed by atoms with Crippen molar-refractivity contribution in [3.63, 3.8) is 0 Å². The van der Waals surface area contributed by atoms with Gasteiger partial charge in [-0.15, -0.1) is 0 Å². The van der Waals surface area contributed by atoms with Crippen LogP contribution in [-0.4, -0.2) is 18.2 Å². The van der Waals surface area contributed by atoms with Gasteiger partial charge in [0.2, 0.25) is 0 Å². The number of hydrogen-bond donors (Lipinski definition) is 1. The summed E-state index contributed by atoms with van der Waals surface area (Å²) in [4.78, 5) is 0.0982. The monoisotopic (exact) mass is 391 g/mol. The zero-order valence-electron chi connectivity index (χ0n) is 11.6. The predicted molar refractivity (Wildman–Crippen MR) is 87.0 cm³/mol. The number of halogens is 2. The zero-order valence-corrected chi connectivity index (χ0v) is 14.8. The predicted octanol–water partition coefficient (Wildman–Crippen LogP) is 2.95. The average Bonchev–Trinajstić information content (AvgIpc) is 2.65. The minimum atomic E-state index is -3.59. The molecule has 2 aromatic rings. The smallest absolute Gasteiger partial charge is 0.186 e. The molecule has 21 heavy (non-hydrogen) atoms. The van der Waals surface area contributed by atoms with Gasteiger partial charge in [0, 0.05) is 11.5 Å². The maximum Gasteiger partial charge on any atom is 0.186 e. The molecule has 0 bridgehead atoms. The number of aromatic nitrogens is 2. The maximum atomic E-state index is 12.5. The van der Waals surface area contributed by atoms with Gasteiger partial charge in [0.15, 0.2) is 9.84 Å². The molecule has 0 fully saturated rings. The molecule has 0 spiro atoms. The summed E-state index contributed by atoms with van der Waals surface area (Å²) in [5.41, 5.74) is 7.17. The highest BCUT2D eigenvalue weighted by atomic mass is 79.9. The molecule has 0 radical (unpaired) electrons. The lowest BCUT2D eigenvalue weighted by molar-refractivity contribution is 0.592. The molecular formula is C13H15BrClN3O2S. The van der Waals surface area contributed by atoms with Crippen LogP contribution in [0.4, 0.5) is 5.69 Å². The lowest BCUT2D eigenvalue weighted by Gasteiger charge is -2.08. The Balaban J connectivity index is 2.45. The fraction of sp³-hybridized carbons (Fsp3) is 0.308. The van der Waals surface area contributed by atoms with Gasteiger partial charge in [-0.05, 0) is 24.6 Å². The highest BCUT2D eigenvalue weighted by Crippen LogP contribution is 2.29. The lowest BCUT2D eigenvalue weighted by Crippen LogP contribution is -2.11. The van der Waals surface area contributed by atoms with Crippen molar-refractivity contribution in [3.8, 4) is 0 Å². The fourth-order valence-corrected chi connectivity index (χ4v) is 4.40. The molecule has 0 saturated heterocycles. The molecule has 5 nitrogen and oxygen atoms in total. The SMILES string of the molecule is CCc1nn(C)c(CS(=O)(=O)c2ccc(Br)cc2N)c1Cl. The molecule has 8 heteroatoms. The van der Waals surface area contributed by atoms with Crippen molar-refractivity contribution in [2.75, 3.05) is 5.73 Å². The topological polar surface area (TPSA) is 78.0 Å². The Morgan fingerprint density at radius 2 is 2.10 bits per heavy atom. The summed E-state index contributed by atoms with van der Waals surface area (Å²) in [5, 5.41) is 4.63. The van der Waals surface area contributed by atoms with Gasteiger partial charge in [-0.3, -0.25) is 4.68 Å². The number of nitrogens with two attached hydrogens (primary N) is 1. The molecule has 114 valence electrons. The van der Waals surface area contributed by atoms with Crippen molar-refractivity contribution < 1.29 is 8.42 Å². The summed E-state index contributed by atoms with van der Waals surface area (Å²) >= 11 is 9.46. The summed E-state index contributed by atoms with van der Waals surface area (Å²) in [6.45, 7) is 1.92. The lowest BCUT2D eigenvalue weighted by atomic mass is 10.3. The molecule has 1 aromatic carbocycles. The Hall–Kier alpha value is -1.05. The average molecular weight is 393 g/mol. The van der Waals surface area contributed by atoms with Gasteiger partial charge in [-0.25, -0.2) is 8.42 Å². The molecule has 1 heterocycles. The first kappa shape index (κ1) is 16.3. The first-order chi connectivity index (χ1) is 9.76. The van der Waals surface area contributed by atoms with E-state index >= 15 is 0 Å². The van der Waals surface area contributed by atoms with E-state index in [-0.39, 0.29) is 16.3 Å². The molecule has 0 saturated carbocycles. The number of sulfone groups is 1. The molecule has 1 aromatic heterocycles. The van der Waals surface area contributed by atoms with Crippen LogP contribution in [0.2, 0.25) is 5.02 Å². The highest BCUT2D eigenvalue weighted by molar-refractivity contribution is 9.10. The van der Waals surface area contributed by atoms with Gasteiger partial charge < -0.3 is 5.73 Å². The maximum absolute atomic E-state index is 12.5. The first-order valence-electron chi connectivity index (χ1n) is 6.24. The van der Waals surface area contributed by atoms with Crippen molar-refractivity contribution in [2.24, 2.45) is 7.05 Å². The van der Waals surface area contributed by atoms with Crippen LogP contribution in [0.5, 0.6) is 0 Å². The third kappa shape index (κ3) is 3.25. The van der Waals surface area contributed by atoms with E-state index in [0.717, 1.165) is 4.47 Å². The Morgan fingerprint density at radius 1 is 1.43 bits per heavy atom. The highest BCUT2D eigenvalue weighted by Gasteiger charge is 2.23. The molecule has 0 unspecified atom stereocenters. The molecule has 0 aliphatic heterocycles. The summed E-state index contributed by atoms with van der Waals surface area (Å²) in [5.74, 6) is -0.235. The minimum absolute atomic E-state index is 0.0982. The van der Waals surface area contributed by atoms with Crippen molar-refractivity contribution in [1.29, 1.82) is 0 Å². The van der Waals surface area contributed by atoms with Crippen LogP contribution < -0.4 is 5.73 Å². The molecule has 0 aliphatic carbocycles. The Kier molecular flexibility index (Phi) is 4.65. The summed E-state index contributed by atoms with van der Waals surface area (Å²) < 4.78 is 27.3. The second-order valence-electron chi connectivity index (χ2n) is 4.63. The molecule has 2 rings (SSSR count). The molecule has 0 atom stereocenters. The Morgan fingerprint density at radius 3 is 2.62 bits per heavy atom. The molecular weight excluding hydrogens is 378 g/mol. The van der Waals surface area contributed by atoms with E-state index in [2.05, 4.69) is 21.0 Å². The van der Waals surface area contributed by atoms with Crippen LogP contribution in [0, 0.1) is 0 Å². The van der Waals surface area contributed by atoms with Crippen LogP contribution in [0.3, 0.4) is 0 Å². The Labute approximate surface area is 137 Å². The number of nitrogen functional groups attached to an aromatic ring is 1. The van der Waals surface area contributed by atoms with Crippen LogP contribution in [0.25, 0.3) is 0 Å². The summed E-state index contributed by atoms with van der Waals surface area (Å²) in [6, 6.07) is 4.69. The third-order valence-electron chi connectivity index (χ3n) is 3.14. The quantitative estimate of drug-likeness (QED) is 0.811. The molecule has 2 N–H and O–H groups in total. The number of nitrogens with zero attached hydrogens (tertiary/aromatic N) is 2. The van der Waals surface area contributed by atoms with Gasteiger partial charge in [-0.2, -0.15) is 5.10 Å². The number of benzene rings is 1. The fourth-order valence-electron chi connectivity index (χ4n) is 2.04.